The monoisotopic (exact) mass is 440 g/mol. The van der Waals surface area contributed by atoms with Crippen LogP contribution in [0.3, 0.4) is 0 Å². The van der Waals surface area contributed by atoms with Crippen molar-refractivity contribution in [3.05, 3.63) is 78.1 Å². The summed E-state index contributed by atoms with van der Waals surface area (Å²) in [6.45, 7) is 0.672. The second kappa shape index (κ2) is 8.77. The van der Waals surface area contributed by atoms with Gasteiger partial charge in [0, 0.05) is 32.2 Å². The van der Waals surface area contributed by atoms with Crippen molar-refractivity contribution in [2.75, 3.05) is 20.1 Å². The molecule has 7 heteroatoms. The Morgan fingerprint density at radius 3 is 2.55 bits per heavy atom. The normalized spacial score (nSPS) is 17.5. The van der Waals surface area contributed by atoms with Crippen LogP contribution in [0.25, 0.3) is 10.8 Å². The van der Waals surface area contributed by atoms with Gasteiger partial charge in [-0.15, -0.1) is 0 Å². The lowest BCUT2D eigenvalue weighted by Crippen LogP contribution is -2.45. The summed E-state index contributed by atoms with van der Waals surface area (Å²) in [5.41, 5.74) is 0.440. The molecule has 1 fully saturated rings. The van der Waals surface area contributed by atoms with E-state index in [1.54, 1.807) is 43.4 Å². The summed E-state index contributed by atoms with van der Waals surface area (Å²) in [6, 6.07) is 19.1. The zero-order chi connectivity index (χ0) is 22.0. The second-order valence-corrected chi connectivity index (χ2v) is 9.93. The van der Waals surface area contributed by atoms with Crippen LogP contribution in [0.5, 0.6) is 0 Å². The number of piperidine rings is 1. The summed E-state index contributed by atoms with van der Waals surface area (Å²) in [5.74, 6) is -0.964. The summed E-state index contributed by atoms with van der Waals surface area (Å²) >= 11 is 0. The second-order valence-electron chi connectivity index (χ2n) is 8.00. The number of hydrogen-bond acceptors (Lipinski definition) is 3. The summed E-state index contributed by atoms with van der Waals surface area (Å²) in [4.78, 5) is 14.7. The number of benzene rings is 3. The molecule has 0 N–H and O–H groups in total. The summed E-state index contributed by atoms with van der Waals surface area (Å²) < 4.78 is 41.9. The van der Waals surface area contributed by atoms with Crippen LogP contribution in [0, 0.1) is 11.7 Å². The number of nitrogens with zero attached hydrogens (tertiary/aromatic N) is 2. The van der Waals surface area contributed by atoms with E-state index in [9.17, 15) is 17.6 Å². The van der Waals surface area contributed by atoms with Crippen LogP contribution < -0.4 is 0 Å². The Bertz CT molecular complexity index is 1210. The topological polar surface area (TPSA) is 57.7 Å². The molecule has 3 aromatic carbocycles. The van der Waals surface area contributed by atoms with E-state index in [1.165, 1.54) is 15.3 Å². The lowest BCUT2D eigenvalue weighted by molar-refractivity contribution is -0.135. The van der Waals surface area contributed by atoms with Gasteiger partial charge < -0.3 is 4.90 Å². The highest BCUT2D eigenvalue weighted by Gasteiger charge is 2.34. The fraction of sp³-hybridized carbons (Fsp3) is 0.292. The van der Waals surface area contributed by atoms with Crippen LogP contribution in [0.15, 0.2) is 71.6 Å². The van der Waals surface area contributed by atoms with Crippen molar-refractivity contribution in [2.24, 2.45) is 5.92 Å². The van der Waals surface area contributed by atoms with Crippen molar-refractivity contribution < 1.29 is 17.6 Å². The molecule has 4 rings (SSSR count). The highest BCUT2D eigenvalue weighted by Crippen LogP contribution is 2.27. The van der Waals surface area contributed by atoms with Crippen molar-refractivity contribution in [1.82, 2.24) is 9.21 Å². The van der Waals surface area contributed by atoms with Crippen LogP contribution in [-0.4, -0.2) is 43.7 Å². The standard InChI is InChI=1S/C24H25FN2O3S/c1-26(16-20-9-4-5-11-23(20)25)24(28)21-10-6-14-27(17-21)31(29,30)22-13-12-18-7-2-3-8-19(18)15-22/h2-5,7-9,11-13,15,21H,6,10,14,16-17H2,1H3. The van der Waals surface area contributed by atoms with Gasteiger partial charge in [0.1, 0.15) is 5.82 Å². The summed E-state index contributed by atoms with van der Waals surface area (Å²) in [5, 5.41) is 1.83. The first-order chi connectivity index (χ1) is 14.9. The van der Waals surface area contributed by atoms with Gasteiger partial charge in [0.05, 0.1) is 10.8 Å². The van der Waals surface area contributed by atoms with E-state index in [1.807, 2.05) is 24.3 Å². The Balaban J connectivity index is 1.50. The Hall–Kier alpha value is -2.77. The molecule has 5 nitrogen and oxygen atoms in total. The average molecular weight is 441 g/mol. The average Bonchev–Trinajstić information content (AvgIpc) is 2.79. The minimum Gasteiger partial charge on any atom is -0.341 e. The molecule has 162 valence electrons. The first-order valence-electron chi connectivity index (χ1n) is 10.3. The smallest absolute Gasteiger partial charge is 0.243 e. The summed E-state index contributed by atoms with van der Waals surface area (Å²) in [7, 11) is -2.08. The van der Waals surface area contributed by atoms with Crippen LogP contribution in [0.4, 0.5) is 4.39 Å². The molecule has 1 amide bonds. The van der Waals surface area contributed by atoms with Crippen molar-refractivity contribution in [2.45, 2.75) is 24.3 Å². The molecule has 0 radical (unpaired) electrons. The molecule has 0 spiro atoms. The van der Waals surface area contributed by atoms with E-state index in [4.69, 9.17) is 0 Å². The van der Waals surface area contributed by atoms with Gasteiger partial charge in [-0.2, -0.15) is 4.31 Å². The number of hydrogen-bond donors (Lipinski definition) is 0. The van der Waals surface area contributed by atoms with Gasteiger partial charge >= 0.3 is 0 Å². The molecule has 1 heterocycles. The third-order valence-corrected chi connectivity index (χ3v) is 7.69. The van der Waals surface area contributed by atoms with E-state index >= 15 is 0 Å². The number of sulfonamides is 1. The highest BCUT2D eigenvalue weighted by molar-refractivity contribution is 7.89. The lowest BCUT2D eigenvalue weighted by atomic mass is 9.98. The Labute approximate surface area is 182 Å². The van der Waals surface area contributed by atoms with Gasteiger partial charge in [-0.1, -0.05) is 48.5 Å². The molecule has 1 aliphatic heterocycles. The maximum atomic E-state index is 13.9. The first-order valence-corrected chi connectivity index (χ1v) is 11.8. The van der Waals surface area contributed by atoms with Gasteiger partial charge in [0.15, 0.2) is 0 Å². The number of halogens is 1. The van der Waals surface area contributed by atoms with Crippen LogP contribution in [0.2, 0.25) is 0 Å². The van der Waals surface area contributed by atoms with Crippen molar-refractivity contribution >= 4 is 26.7 Å². The molecule has 0 aliphatic carbocycles. The van der Waals surface area contributed by atoms with E-state index in [0.717, 1.165) is 10.8 Å². The molecule has 31 heavy (non-hydrogen) atoms. The molecule has 0 aromatic heterocycles. The molecular weight excluding hydrogens is 415 g/mol. The zero-order valence-corrected chi connectivity index (χ0v) is 18.2. The van der Waals surface area contributed by atoms with Crippen LogP contribution >= 0.6 is 0 Å². The van der Waals surface area contributed by atoms with Gasteiger partial charge in [0.25, 0.3) is 0 Å². The third-order valence-electron chi connectivity index (χ3n) is 5.83. The quantitative estimate of drug-likeness (QED) is 0.602. The van der Waals surface area contributed by atoms with E-state index in [-0.39, 0.29) is 29.7 Å². The molecule has 1 atom stereocenters. The Kier molecular flexibility index (Phi) is 6.07. The fourth-order valence-corrected chi connectivity index (χ4v) is 5.67. The maximum Gasteiger partial charge on any atom is 0.243 e. The zero-order valence-electron chi connectivity index (χ0n) is 17.4. The third kappa shape index (κ3) is 4.48. The van der Waals surface area contributed by atoms with E-state index < -0.39 is 15.9 Å². The van der Waals surface area contributed by atoms with Crippen LogP contribution in [0.1, 0.15) is 18.4 Å². The SMILES string of the molecule is CN(Cc1ccccc1F)C(=O)C1CCCN(S(=O)(=O)c2ccc3ccccc3c2)C1. The predicted molar refractivity (Wildman–Crippen MR) is 118 cm³/mol. The first kappa shape index (κ1) is 21.5. The van der Waals surface area contributed by atoms with Gasteiger partial charge in [-0.3, -0.25) is 4.79 Å². The maximum absolute atomic E-state index is 13.9. The number of amides is 1. The van der Waals surface area contributed by atoms with Crippen LogP contribution in [-0.2, 0) is 21.4 Å². The highest BCUT2D eigenvalue weighted by atomic mass is 32.2. The number of carbonyl (C=O) groups is 1. The van der Waals surface area contributed by atoms with Gasteiger partial charge in [-0.25, -0.2) is 12.8 Å². The lowest BCUT2D eigenvalue weighted by Gasteiger charge is -2.33. The minimum absolute atomic E-state index is 0.135. The molecule has 0 bridgehead atoms. The molecule has 3 aromatic rings. The molecule has 0 saturated carbocycles. The predicted octanol–water partition coefficient (Wildman–Crippen LogP) is 4.04. The Morgan fingerprint density at radius 2 is 1.77 bits per heavy atom. The van der Waals surface area contributed by atoms with Crippen molar-refractivity contribution in [3.63, 3.8) is 0 Å². The fourth-order valence-electron chi connectivity index (χ4n) is 4.11. The number of rotatable bonds is 5. The molecule has 1 unspecified atom stereocenters. The minimum atomic E-state index is -3.71. The summed E-state index contributed by atoms with van der Waals surface area (Å²) in [6.07, 6.45) is 1.22. The van der Waals surface area contributed by atoms with Gasteiger partial charge in [0.2, 0.25) is 15.9 Å². The molecular formula is C24H25FN2O3S. The molecule has 1 saturated heterocycles. The van der Waals surface area contributed by atoms with Crippen molar-refractivity contribution in [1.29, 1.82) is 0 Å². The number of carbonyl (C=O) groups excluding carboxylic acids is 1. The van der Waals surface area contributed by atoms with Crippen molar-refractivity contribution in [3.8, 4) is 0 Å². The largest absolute Gasteiger partial charge is 0.341 e. The number of fused-ring (bicyclic) bond motifs is 1. The van der Waals surface area contributed by atoms with E-state index in [0.29, 0.717) is 24.9 Å². The Morgan fingerprint density at radius 1 is 1.06 bits per heavy atom. The van der Waals surface area contributed by atoms with Gasteiger partial charge in [-0.05, 0) is 41.8 Å². The molecule has 1 aliphatic rings. The van der Waals surface area contributed by atoms with E-state index in [2.05, 4.69) is 0 Å².